The van der Waals surface area contributed by atoms with Crippen molar-refractivity contribution in [3.63, 3.8) is 0 Å². The second kappa shape index (κ2) is 35.1. The zero-order valence-electron chi connectivity index (χ0n) is 66.2. The monoisotopic (exact) mass is 1630 g/mol. The van der Waals surface area contributed by atoms with E-state index in [0.717, 1.165) is 95.9 Å². The van der Waals surface area contributed by atoms with Crippen LogP contribution < -0.4 is 0 Å². The number of hydrogen-bond donors (Lipinski definition) is 6. The maximum absolute atomic E-state index is 11.4. The topological polar surface area (TPSA) is 171 Å². The summed E-state index contributed by atoms with van der Waals surface area (Å²) in [5, 5.41) is 60.5. The summed E-state index contributed by atoms with van der Waals surface area (Å²) >= 11 is 0. The van der Waals surface area contributed by atoms with E-state index in [1.807, 2.05) is 24.9 Å². The van der Waals surface area contributed by atoms with Crippen molar-refractivity contribution in [3.8, 4) is 23.0 Å². The third-order valence-electron chi connectivity index (χ3n) is 18.6. The van der Waals surface area contributed by atoms with Crippen LogP contribution in [0.3, 0.4) is 0 Å². The first kappa shape index (κ1) is 99.7. The third-order valence-corrected chi connectivity index (χ3v) is 18.6. The minimum atomic E-state index is -6.87. The average molecular weight is 1630 g/mol. The van der Waals surface area contributed by atoms with Crippen molar-refractivity contribution >= 4 is 24.9 Å². The SMILES string of the molecule is CC(C)(C)c1cc(C=NC2CCCC[C@H]2N=Cc2cc(C(C)(C)C)cc(C(C)(C)C)c2O)c(O)c(C(C)(C)C)c1.CC(C)(C)c1cc(C=N[C@@H]2CCCC[C@H]2N=Cc2cc(C(C)(C)C)cc(C(C)(C)C)c2O)c(O)c(C(C)(C)C)c1.CC(O)(C(F)(F)F)C(F)(F)F.OC(C(F)(F)F)(C(F)(F)F)C(F)(F)F.[Co].[Co]. The molecule has 6 N–H and O–H groups in total. The number of halogens is 15. The van der Waals surface area contributed by atoms with Crippen LogP contribution in [-0.2, 0) is 76.9 Å². The van der Waals surface area contributed by atoms with Crippen LogP contribution in [-0.4, -0.2) is 122 Å². The second-order valence-corrected chi connectivity index (χ2v) is 36.1. The van der Waals surface area contributed by atoms with Gasteiger partial charge in [0.05, 0.1) is 24.2 Å². The van der Waals surface area contributed by atoms with Crippen LogP contribution in [0.4, 0.5) is 65.9 Å². The van der Waals surface area contributed by atoms with Crippen LogP contribution in [0.5, 0.6) is 23.0 Å². The molecule has 2 aliphatic carbocycles. The number of hydrogen-bond acceptors (Lipinski definition) is 10. The van der Waals surface area contributed by atoms with E-state index >= 15 is 0 Å². The Bertz CT molecular complexity index is 3270. The Morgan fingerprint density at radius 2 is 0.430 bits per heavy atom. The molecule has 6 rings (SSSR count). The zero-order chi connectivity index (χ0) is 82.0. The molecule has 612 valence electrons. The Labute approximate surface area is 644 Å². The summed E-state index contributed by atoms with van der Waals surface area (Å²) in [6.07, 6.45) is -16.2. The van der Waals surface area contributed by atoms with Gasteiger partial charge in [-0.05, 0) is 122 Å². The molecule has 2 aliphatic rings. The molecule has 4 atom stereocenters. The number of aromatic hydroxyl groups is 4. The minimum Gasteiger partial charge on any atom is -0.507 e. The molecule has 107 heavy (non-hydrogen) atoms. The Balaban J connectivity index is 0.000000801. The molecule has 2 fully saturated rings. The molecule has 0 spiro atoms. The zero-order valence-corrected chi connectivity index (χ0v) is 68.3. The van der Waals surface area contributed by atoms with Crippen LogP contribution in [0.25, 0.3) is 0 Å². The number of alkyl halides is 15. The average Bonchev–Trinajstić information content (AvgIpc) is 0.744. The van der Waals surface area contributed by atoms with Crippen molar-refractivity contribution < 1.29 is 130 Å². The van der Waals surface area contributed by atoms with E-state index in [1.165, 1.54) is 22.3 Å². The first-order valence-corrected chi connectivity index (χ1v) is 35.1. The van der Waals surface area contributed by atoms with Crippen LogP contribution in [0, 0.1) is 0 Å². The first-order valence-electron chi connectivity index (χ1n) is 35.1. The molecule has 4 aromatic carbocycles. The van der Waals surface area contributed by atoms with E-state index in [4.69, 9.17) is 30.2 Å². The molecule has 2 radical (unpaired) electrons. The summed E-state index contributed by atoms with van der Waals surface area (Å²) < 4.78 is 171. The molecule has 2 saturated carbocycles. The number of nitrogens with zero attached hydrogens (tertiary/aromatic N) is 4. The van der Waals surface area contributed by atoms with Gasteiger partial charge in [-0.2, -0.15) is 65.9 Å². The molecular formula is C80H113Co2F15N4O6. The maximum atomic E-state index is 11.4. The molecular weight excluding hydrogens is 1520 g/mol. The Kier molecular flexibility index (Phi) is 32.7. The smallest absolute Gasteiger partial charge is 0.435 e. The summed E-state index contributed by atoms with van der Waals surface area (Å²) in [4.78, 5) is 20.1. The van der Waals surface area contributed by atoms with E-state index < -0.39 is 42.1 Å². The van der Waals surface area contributed by atoms with Gasteiger partial charge in [0.15, 0.2) is 0 Å². The van der Waals surface area contributed by atoms with Gasteiger partial charge in [-0.15, -0.1) is 0 Å². The standard InChI is InChI=1S/2C36H54N2O2.C4HF9O.C4H4F6O.2Co/c2*1-33(2,3)25-17-23(31(39)27(19-25)35(7,8)9)21-37-29-15-13-14-16-30(29)38-22-24-18-26(34(4,5)6)20-28(32(24)40)36(10,11)12;5-2(6,7)1(14,3(8,9)10)4(11,12)13;1-2(11,3(5,6)7)4(8,9)10;;/h2*17-22,29-30,39-40H,13-16H2,1-12H3;14H;11H,1H3;;/t29-,30?;29-,30-;;;;/m11..../s1. The van der Waals surface area contributed by atoms with Gasteiger partial charge < -0.3 is 30.6 Å². The predicted octanol–water partition coefficient (Wildman–Crippen LogP) is 22.5. The summed E-state index contributed by atoms with van der Waals surface area (Å²) in [6, 6.07) is 17.1. The molecule has 10 nitrogen and oxygen atoms in total. The molecule has 0 bridgehead atoms. The Morgan fingerprint density at radius 1 is 0.271 bits per heavy atom. The normalized spacial score (nSPS) is 18.3. The van der Waals surface area contributed by atoms with E-state index in [1.54, 1.807) is 0 Å². The van der Waals surface area contributed by atoms with Crippen LogP contribution in [0.2, 0.25) is 0 Å². The molecule has 0 aliphatic heterocycles. The van der Waals surface area contributed by atoms with E-state index in [-0.39, 0.29) is 108 Å². The van der Waals surface area contributed by atoms with E-state index in [9.17, 15) is 86.3 Å². The van der Waals surface area contributed by atoms with Crippen LogP contribution in [0.15, 0.2) is 68.5 Å². The number of phenolic OH excluding ortho intramolecular Hbond substituents is 4. The summed E-state index contributed by atoms with van der Waals surface area (Å²) in [6.45, 7) is 51.7. The summed E-state index contributed by atoms with van der Waals surface area (Å²) in [5.74, 6) is 1.27. The van der Waals surface area contributed by atoms with Gasteiger partial charge in [-0.1, -0.05) is 216 Å². The van der Waals surface area contributed by atoms with Gasteiger partial charge in [0.25, 0.3) is 5.60 Å². The van der Waals surface area contributed by atoms with Gasteiger partial charge in [-0.25, -0.2) is 0 Å². The van der Waals surface area contributed by atoms with Crippen molar-refractivity contribution in [1.82, 2.24) is 0 Å². The van der Waals surface area contributed by atoms with Crippen molar-refractivity contribution in [2.45, 2.75) is 334 Å². The van der Waals surface area contributed by atoms with E-state index in [2.05, 4.69) is 215 Å². The molecule has 0 amide bonds. The van der Waals surface area contributed by atoms with Crippen LogP contribution in [0.1, 0.15) is 291 Å². The fourth-order valence-corrected chi connectivity index (χ4v) is 11.3. The first-order chi connectivity index (χ1) is 46.6. The Hall–Kier alpha value is -5.36. The third kappa shape index (κ3) is 26.1. The molecule has 4 aromatic rings. The largest absolute Gasteiger partial charge is 0.507 e. The number of aliphatic imine (C=N–C) groups is 4. The molecule has 0 aromatic heterocycles. The maximum Gasteiger partial charge on any atom is 0.435 e. The molecule has 0 saturated heterocycles. The molecule has 27 heteroatoms. The van der Waals surface area contributed by atoms with E-state index in [0.29, 0.717) is 23.0 Å². The summed E-state index contributed by atoms with van der Waals surface area (Å²) in [5.41, 5.74) is -0.523. The van der Waals surface area contributed by atoms with Gasteiger partial charge >= 0.3 is 36.5 Å². The number of benzene rings is 4. The number of rotatable bonds is 8. The van der Waals surface area contributed by atoms with Gasteiger partial charge in [0.1, 0.15) is 23.0 Å². The van der Waals surface area contributed by atoms with Gasteiger partial charge in [0.2, 0.25) is 0 Å². The van der Waals surface area contributed by atoms with Crippen molar-refractivity contribution in [3.05, 3.63) is 115 Å². The fourth-order valence-electron chi connectivity index (χ4n) is 11.3. The van der Waals surface area contributed by atoms with Crippen molar-refractivity contribution in [1.29, 1.82) is 0 Å². The molecule has 0 heterocycles. The fraction of sp³-hybridized carbons (Fsp3) is 0.650. The predicted molar refractivity (Wildman–Crippen MR) is 390 cm³/mol. The number of phenols is 4. The van der Waals surface area contributed by atoms with Gasteiger partial charge in [0, 0.05) is 103 Å². The molecule has 1 unspecified atom stereocenters. The van der Waals surface area contributed by atoms with Crippen molar-refractivity contribution in [2.75, 3.05) is 0 Å². The van der Waals surface area contributed by atoms with Gasteiger partial charge in [-0.3, -0.25) is 20.0 Å². The summed E-state index contributed by atoms with van der Waals surface area (Å²) in [7, 11) is 0. The number of aliphatic hydroxyl groups is 2. The Morgan fingerprint density at radius 3 is 0.533 bits per heavy atom. The van der Waals surface area contributed by atoms with Crippen molar-refractivity contribution in [2.24, 2.45) is 20.0 Å². The quantitative estimate of drug-likeness (QED) is 0.0757. The minimum absolute atomic E-state index is 0. The second-order valence-electron chi connectivity index (χ2n) is 36.1. The van der Waals surface area contributed by atoms with Crippen LogP contribution >= 0.6 is 0 Å².